The number of ether oxygens (including phenoxy) is 1. The molecule has 1 aromatic heterocycles. The monoisotopic (exact) mass is 262 g/mol. The lowest BCUT2D eigenvalue weighted by Gasteiger charge is -2.20. The van der Waals surface area contributed by atoms with Crippen LogP contribution in [0.1, 0.15) is 20.3 Å². The van der Waals surface area contributed by atoms with Crippen LogP contribution in [0.25, 0.3) is 0 Å². The highest BCUT2D eigenvalue weighted by molar-refractivity contribution is 5.91. The maximum atomic E-state index is 5.86. The minimum Gasteiger partial charge on any atom is -0.378 e. The third-order valence-electron chi connectivity index (χ3n) is 3.34. The molecule has 19 heavy (non-hydrogen) atoms. The van der Waals surface area contributed by atoms with Crippen molar-refractivity contribution in [2.24, 2.45) is 22.6 Å². The summed E-state index contributed by atoms with van der Waals surface area (Å²) in [5.74, 6) is 2.11. The van der Waals surface area contributed by atoms with Crippen LogP contribution in [0.4, 0.5) is 5.82 Å². The Bertz CT molecular complexity index is 419. The molecular weight excluding hydrogens is 240 g/mol. The molecule has 2 heterocycles. The van der Waals surface area contributed by atoms with Crippen molar-refractivity contribution >= 4 is 11.8 Å². The maximum absolute atomic E-state index is 5.86. The van der Waals surface area contributed by atoms with E-state index in [1.807, 2.05) is 18.2 Å². The van der Waals surface area contributed by atoms with E-state index in [2.05, 4.69) is 29.1 Å². The van der Waals surface area contributed by atoms with Gasteiger partial charge in [0.15, 0.2) is 5.96 Å². The van der Waals surface area contributed by atoms with Crippen LogP contribution in [0, 0.1) is 11.8 Å². The molecular formula is C14H22N4O. The number of nitrogens with two attached hydrogens (primary N) is 1. The van der Waals surface area contributed by atoms with Gasteiger partial charge in [0.1, 0.15) is 5.82 Å². The van der Waals surface area contributed by atoms with E-state index in [0.29, 0.717) is 36.3 Å². The lowest BCUT2D eigenvalue weighted by molar-refractivity contribution is 0.0559. The van der Waals surface area contributed by atoms with Crippen LogP contribution in [0.5, 0.6) is 0 Å². The van der Waals surface area contributed by atoms with Crippen LogP contribution in [-0.2, 0) is 4.74 Å². The molecule has 1 saturated heterocycles. The van der Waals surface area contributed by atoms with Crippen LogP contribution < -0.4 is 11.1 Å². The smallest absolute Gasteiger partial charge is 0.194 e. The molecule has 0 spiro atoms. The van der Waals surface area contributed by atoms with E-state index < -0.39 is 0 Å². The van der Waals surface area contributed by atoms with E-state index in [1.54, 1.807) is 6.20 Å². The van der Waals surface area contributed by atoms with Gasteiger partial charge in [0.2, 0.25) is 0 Å². The Hall–Kier alpha value is -1.62. The fourth-order valence-electron chi connectivity index (χ4n) is 2.41. The summed E-state index contributed by atoms with van der Waals surface area (Å²) in [6.45, 7) is 5.90. The van der Waals surface area contributed by atoms with Crippen molar-refractivity contribution in [2.75, 3.05) is 18.5 Å². The Morgan fingerprint density at radius 3 is 3.11 bits per heavy atom. The van der Waals surface area contributed by atoms with Gasteiger partial charge in [0, 0.05) is 25.3 Å². The Kier molecular flexibility index (Phi) is 4.74. The lowest BCUT2D eigenvalue weighted by atomic mass is 9.93. The van der Waals surface area contributed by atoms with E-state index in [4.69, 9.17) is 10.5 Å². The average molecular weight is 262 g/mol. The predicted molar refractivity (Wildman–Crippen MR) is 77.0 cm³/mol. The highest BCUT2D eigenvalue weighted by atomic mass is 16.5. The van der Waals surface area contributed by atoms with E-state index in [1.165, 1.54) is 0 Å². The fourth-order valence-corrected chi connectivity index (χ4v) is 2.41. The molecule has 1 aromatic rings. The summed E-state index contributed by atoms with van der Waals surface area (Å²) in [6, 6.07) is 5.63. The highest BCUT2D eigenvalue weighted by Gasteiger charge is 2.30. The largest absolute Gasteiger partial charge is 0.378 e. The second-order valence-electron chi connectivity index (χ2n) is 5.19. The summed E-state index contributed by atoms with van der Waals surface area (Å²) in [5.41, 5.74) is 5.86. The van der Waals surface area contributed by atoms with E-state index in [-0.39, 0.29) is 0 Å². The molecule has 1 aliphatic rings. The van der Waals surface area contributed by atoms with Crippen LogP contribution in [-0.4, -0.2) is 30.2 Å². The first-order chi connectivity index (χ1) is 9.16. The topological polar surface area (TPSA) is 72.5 Å². The number of guanidine groups is 1. The number of nitrogens with zero attached hydrogens (tertiary/aromatic N) is 2. The van der Waals surface area contributed by atoms with Gasteiger partial charge in [-0.2, -0.15) is 0 Å². The molecule has 5 heteroatoms. The highest BCUT2D eigenvalue weighted by Crippen LogP contribution is 2.26. The number of aromatic nitrogens is 1. The molecule has 2 rings (SSSR count). The number of hydrogen-bond donors (Lipinski definition) is 2. The van der Waals surface area contributed by atoms with Gasteiger partial charge >= 0.3 is 0 Å². The van der Waals surface area contributed by atoms with Crippen molar-refractivity contribution < 1.29 is 4.74 Å². The summed E-state index contributed by atoms with van der Waals surface area (Å²) < 4.78 is 5.73. The molecule has 1 aliphatic heterocycles. The van der Waals surface area contributed by atoms with Crippen molar-refractivity contribution in [1.29, 1.82) is 0 Å². The quantitative estimate of drug-likeness (QED) is 0.642. The first-order valence-corrected chi connectivity index (χ1v) is 6.76. The minimum absolute atomic E-state index is 0.298. The fraction of sp³-hybridized carbons (Fsp3) is 0.571. The third-order valence-corrected chi connectivity index (χ3v) is 3.34. The number of nitrogens with one attached hydrogen (secondary N) is 1. The molecule has 2 unspecified atom stereocenters. The predicted octanol–water partition coefficient (Wildman–Crippen LogP) is 1.87. The van der Waals surface area contributed by atoms with Gasteiger partial charge < -0.3 is 15.8 Å². The van der Waals surface area contributed by atoms with Gasteiger partial charge in [-0.05, 0) is 24.5 Å². The molecule has 104 valence electrons. The number of pyridine rings is 1. The van der Waals surface area contributed by atoms with Crippen molar-refractivity contribution in [3.05, 3.63) is 24.4 Å². The standard InChI is InChI=1S/C14H22N4O/c1-10(2)13-11(6-8-19-13)9-17-14(15)18-12-5-3-4-7-16-12/h3-5,7,10-11,13H,6,8-9H2,1-2H3,(H3,15,16,17,18). The SMILES string of the molecule is CC(C)C1OCCC1CN=C(N)Nc1ccccn1. The molecule has 0 radical (unpaired) electrons. The molecule has 0 amide bonds. The van der Waals surface area contributed by atoms with Gasteiger partial charge in [-0.25, -0.2) is 4.98 Å². The van der Waals surface area contributed by atoms with Gasteiger partial charge in [-0.1, -0.05) is 19.9 Å². The van der Waals surface area contributed by atoms with Crippen LogP contribution in [0.15, 0.2) is 29.4 Å². The Labute approximate surface area is 114 Å². The number of anilines is 1. The molecule has 3 N–H and O–H groups in total. The van der Waals surface area contributed by atoms with Crippen LogP contribution >= 0.6 is 0 Å². The summed E-state index contributed by atoms with van der Waals surface area (Å²) >= 11 is 0. The zero-order chi connectivity index (χ0) is 13.7. The number of hydrogen-bond acceptors (Lipinski definition) is 3. The van der Waals surface area contributed by atoms with Gasteiger partial charge in [0.05, 0.1) is 6.10 Å². The second-order valence-corrected chi connectivity index (χ2v) is 5.19. The maximum Gasteiger partial charge on any atom is 0.194 e. The van der Waals surface area contributed by atoms with E-state index in [9.17, 15) is 0 Å². The minimum atomic E-state index is 0.298. The van der Waals surface area contributed by atoms with Crippen molar-refractivity contribution in [1.82, 2.24) is 4.98 Å². The first-order valence-electron chi connectivity index (χ1n) is 6.76. The second kappa shape index (κ2) is 6.52. The molecule has 0 aromatic carbocycles. The van der Waals surface area contributed by atoms with Gasteiger partial charge in [-0.15, -0.1) is 0 Å². The molecule has 1 fully saturated rings. The molecule has 0 aliphatic carbocycles. The molecule has 0 bridgehead atoms. The Morgan fingerprint density at radius 1 is 1.58 bits per heavy atom. The normalized spacial score (nSPS) is 23.8. The third kappa shape index (κ3) is 3.92. The number of aliphatic imine (C=N–C) groups is 1. The van der Waals surface area contributed by atoms with Crippen molar-refractivity contribution in [2.45, 2.75) is 26.4 Å². The Balaban J connectivity index is 1.88. The summed E-state index contributed by atoms with van der Waals surface area (Å²) in [5, 5.41) is 2.99. The van der Waals surface area contributed by atoms with E-state index >= 15 is 0 Å². The number of rotatable bonds is 4. The summed E-state index contributed by atoms with van der Waals surface area (Å²) in [4.78, 5) is 8.54. The lowest BCUT2D eigenvalue weighted by Crippen LogP contribution is -2.28. The first kappa shape index (κ1) is 13.8. The Morgan fingerprint density at radius 2 is 2.42 bits per heavy atom. The van der Waals surface area contributed by atoms with Crippen molar-refractivity contribution in [3.63, 3.8) is 0 Å². The zero-order valence-electron chi connectivity index (χ0n) is 11.5. The van der Waals surface area contributed by atoms with E-state index in [0.717, 1.165) is 13.0 Å². The molecule has 2 atom stereocenters. The van der Waals surface area contributed by atoms with Gasteiger partial charge in [0.25, 0.3) is 0 Å². The average Bonchev–Trinajstić information content (AvgIpc) is 2.86. The van der Waals surface area contributed by atoms with Crippen LogP contribution in [0.2, 0.25) is 0 Å². The van der Waals surface area contributed by atoms with Crippen molar-refractivity contribution in [3.8, 4) is 0 Å². The van der Waals surface area contributed by atoms with Gasteiger partial charge in [-0.3, -0.25) is 4.99 Å². The molecule has 5 nitrogen and oxygen atoms in total. The molecule has 0 saturated carbocycles. The zero-order valence-corrected chi connectivity index (χ0v) is 11.5. The summed E-state index contributed by atoms with van der Waals surface area (Å²) in [7, 11) is 0. The summed E-state index contributed by atoms with van der Waals surface area (Å²) in [6.07, 6.45) is 3.07. The van der Waals surface area contributed by atoms with Crippen LogP contribution in [0.3, 0.4) is 0 Å².